The predicted octanol–water partition coefficient (Wildman–Crippen LogP) is 1.24. The minimum absolute atomic E-state index is 0.203. The molecular weight excluding hydrogens is 200 g/mol. The van der Waals surface area contributed by atoms with E-state index < -0.39 is 0 Å². The van der Waals surface area contributed by atoms with Crippen LogP contribution in [0.4, 0.5) is 5.69 Å². The van der Waals surface area contributed by atoms with Gasteiger partial charge in [0, 0.05) is 31.4 Å². The summed E-state index contributed by atoms with van der Waals surface area (Å²) in [4.78, 5) is 2.34. The summed E-state index contributed by atoms with van der Waals surface area (Å²) < 4.78 is 0. The first kappa shape index (κ1) is 11.4. The Labute approximate surface area is 97.1 Å². The van der Waals surface area contributed by atoms with Crippen LogP contribution < -0.4 is 10.2 Å². The van der Waals surface area contributed by atoms with Crippen molar-refractivity contribution in [1.82, 2.24) is 5.32 Å². The lowest BCUT2D eigenvalue weighted by Gasteiger charge is -2.41. The molecule has 2 rings (SSSR count). The minimum atomic E-state index is -0.203. The number of anilines is 1. The highest BCUT2D eigenvalue weighted by molar-refractivity contribution is 5.49. The summed E-state index contributed by atoms with van der Waals surface area (Å²) in [5.41, 5.74) is 1.29. The van der Waals surface area contributed by atoms with Crippen molar-refractivity contribution in [1.29, 1.82) is 0 Å². The lowest BCUT2D eigenvalue weighted by atomic mass is 10.1. The smallest absolute Gasteiger partial charge is 0.0662 e. The molecule has 0 bridgehead atoms. The molecule has 3 nitrogen and oxygen atoms in total. The van der Waals surface area contributed by atoms with Gasteiger partial charge >= 0.3 is 0 Å². The van der Waals surface area contributed by atoms with E-state index in [-0.39, 0.29) is 6.10 Å². The van der Waals surface area contributed by atoms with Crippen LogP contribution in [0.25, 0.3) is 0 Å². The van der Waals surface area contributed by atoms with Gasteiger partial charge in [0.2, 0.25) is 0 Å². The highest BCUT2D eigenvalue weighted by Gasteiger charge is 2.26. The zero-order valence-corrected chi connectivity index (χ0v) is 9.76. The molecule has 1 aliphatic rings. The van der Waals surface area contributed by atoms with Gasteiger partial charge in [-0.1, -0.05) is 25.1 Å². The largest absolute Gasteiger partial charge is 0.392 e. The van der Waals surface area contributed by atoms with Crippen molar-refractivity contribution < 1.29 is 5.11 Å². The van der Waals surface area contributed by atoms with Crippen LogP contribution >= 0.6 is 0 Å². The third kappa shape index (κ3) is 2.74. The maximum atomic E-state index is 9.43. The molecule has 1 aliphatic heterocycles. The molecule has 16 heavy (non-hydrogen) atoms. The molecule has 1 unspecified atom stereocenters. The van der Waals surface area contributed by atoms with Crippen LogP contribution in [0.1, 0.15) is 13.3 Å². The van der Waals surface area contributed by atoms with E-state index in [9.17, 15) is 5.11 Å². The molecule has 1 fully saturated rings. The Hall–Kier alpha value is -1.06. The summed E-state index contributed by atoms with van der Waals surface area (Å²) in [6, 6.07) is 11.0. The molecule has 2 N–H and O–H groups in total. The molecule has 3 heteroatoms. The number of aliphatic hydroxyl groups excluding tert-OH is 1. The van der Waals surface area contributed by atoms with Crippen molar-refractivity contribution in [3.05, 3.63) is 30.3 Å². The van der Waals surface area contributed by atoms with E-state index in [4.69, 9.17) is 0 Å². The fraction of sp³-hybridized carbons (Fsp3) is 0.538. The average Bonchev–Trinajstić information content (AvgIpc) is 2.28. The molecule has 88 valence electrons. The summed E-state index contributed by atoms with van der Waals surface area (Å²) in [5.74, 6) is 0. The van der Waals surface area contributed by atoms with E-state index in [1.807, 2.05) is 13.0 Å². The standard InChI is InChI=1S/C13H20N2O/c1-2-13(16)8-14-11-9-15(10-11)12-6-4-3-5-7-12/h3-7,11,13-14,16H,2,8-10H2,1H3. The van der Waals surface area contributed by atoms with Crippen LogP contribution in [0.15, 0.2) is 30.3 Å². The Morgan fingerprint density at radius 3 is 2.69 bits per heavy atom. The number of nitrogens with one attached hydrogen (secondary N) is 1. The van der Waals surface area contributed by atoms with Crippen LogP contribution in [-0.4, -0.2) is 36.9 Å². The second-order valence-electron chi connectivity index (χ2n) is 4.41. The van der Waals surface area contributed by atoms with Gasteiger partial charge in [0.25, 0.3) is 0 Å². The van der Waals surface area contributed by atoms with Gasteiger partial charge in [0.15, 0.2) is 0 Å². The fourth-order valence-electron chi connectivity index (χ4n) is 1.90. The van der Waals surface area contributed by atoms with Crippen molar-refractivity contribution in [2.24, 2.45) is 0 Å². The van der Waals surface area contributed by atoms with Gasteiger partial charge in [-0.25, -0.2) is 0 Å². The molecule has 0 aromatic heterocycles. The summed E-state index contributed by atoms with van der Waals surface area (Å²) in [5, 5.41) is 12.8. The Bertz CT molecular complexity index is 309. The summed E-state index contributed by atoms with van der Waals surface area (Å²) >= 11 is 0. The van der Waals surface area contributed by atoms with E-state index >= 15 is 0 Å². The van der Waals surface area contributed by atoms with Crippen molar-refractivity contribution in [3.8, 4) is 0 Å². The Balaban J connectivity index is 1.70. The molecular formula is C13H20N2O. The van der Waals surface area contributed by atoms with Crippen LogP contribution in [-0.2, 0) is 0 Å². The molecule has 1 atom stereocenters. The number of benzene rings is 1. The molecule has 0 saturated carbocycles. The van der Waals surface area contributed by atoms with Gasteiger partial charge in [0.05, 0.1) is 6.10 Å². The van der Waals surface area contributed by atoms with Crippen LogP contribution in [0.5, 0.6) is 0 Å². The molecule has 0 spiro atoms. The first-order valence-corrected chi connectivity index (χ1v) is 6.01. The van der Waals surface area contributed by atoms with E-state index in [0.29, 0.717) is 12.6 Å². The first-order chi connectivity index (χ1) is 7.79. The lowest BCUT2D eigenvalue weighted by Crippen LogP contribution is -2.59. The fourth-order valence-corrected chi connectivity index (χ4v) is 1.90. The average molecular weight is 220 g/mol. The highest BCUT2D eigenvalue weighted by Crippen LogP contribution is 2.19. The monoisotopic (exact) mass is 220 g/mol. The number of nitrogens with zero attached hydrogens (tertiary/aromatic N) is 1. The summed E-state index contributed by atoms with van der Waals surface area (Å²) in [6.45, 7) is 4.80. The van der Waals surface area contributed by atoms with E-state index in [0.717, 1.165) is 19.5 Å². The maximum Gasteiger partial charge on any atom is 0.0662 e. The second kappa shape index (κ2) is 5.32. The normalized spacial score (nSPS) is 18.2. The molecule has 0 amide bonds. The number of para-hydroxylation sites is 1. The summed E-state index contributed by atoms with van der Waals surface area (Å²) in [6.07, 6.45) is 0.619. The van der Waals surface area contributed by atoms with E-state index in [1.165, 1.54) is 5.69 Å². The minimum Gasteiger partial charge on any atom is -0.392 e. The van der Waals surface area contributed by atoms with Crippen molar-refractivity contribution >= 4 is 5.69 Å². The van der Waals surface area contributed by atoms with E-state index in [1.54, 1.807) is 0 Å². The maximum absolute atomic E-state index is 9.43. The first-order valence-electron chi connectivity index (χ1n) is 6.01. The zero-order chi connectivity index (χ0) is 11.4. The summed E-state index contributed by atoms with van der Waals surface area (Å²) in [7, 11) is 0. The quantitative estimate of drug-likeness (QED) is 0.783. The van der Waals surface area contributed by atoms with Gasteiger partial charge in [0.1, 0.15) is 0 Å². The van der Waals surface area contributed by atoms with Gasteiger partial charge in [-0.2, -0.15) is 0 Å². The predicted molar refractivity (Wildman–Crippen MR) is 66.7 cm³/mol. The molecule has 0 aliphatic carbocycles. The SMILES string of the molecule is CCC(O)CNC1CN(c2ccccc2)C1. The Kier molecular flexibility index (Phi) is 3.80. The number of hydrogen-bond acceptors (Lipinski definition) is 3. The topological polar surface area (TPSA) is 35.5 Å². The number of hydrogen-bond donors (Lipinski definition) is 2. The van der Waals surface area contributed by atoms with Gasteiger partial charge in [-0.3, -0.25) is 0 Å². The Morgan fingerprint density at radius 1 is 1.38 bits per heavy atom. The van der Waals surface area contributed by atoms with Gasteiger partial charge in [-0.05, 0) is 18.6 Å². The van der Waals surface area contributed by atoms with Crippen molar-refractivity contribution in [2.75, 3.05) is 24.5 Å². The number of rotatable bonds is 5. The van der Waals surface area contributed by atoms with Gasteiger partial charge < -0.3 is 15.3 Å². The van der Waals surface area contributed by atoms with Crippen LogP contribution in [0.3, 0.4) is 0 Å². The van der Waals surface area contributed by atoms with Crippen LogP contribution in [0.2, 0.25) is 0 Å². The highest BCUT2D eigenvalue weighted by atomic mass is 16.3. The molecule has 1 saturated heterocycles. The van der Waals surface area contributed by atoms with Crippen LogP contribution in [0, 0.1) is 0 Å². The Morgan fingerprint density at radius 2 is 2.06 bits per heavy atom. The second-order valence-corrected chi connectivity index (χ2v) is 4.41. The van der Waals surface area contributed by atoms with E-state index in [2.05, 4.69) is 34.5 Å². The molecule has 1 heterocycles. The molecule has 1 aromatic carbocycles. The molecule has 0 radical (unpaired) electrons. The molecule has 1 aromatic rings. The zero-order valence-electron chi connectivity index (χ0n) is 9.76. The number of aliphatic hydroxyl groups is 1. The van der Waals surface area contributed by atoms with Crippen molar-refractivity contribution in [2.45, 2.75) is 25.5 Å². The lowest BCUT2D eigenvalue weighted by molar-refractivity contribution is 0.160. The van der Waals surface area contributed by atoms with Gasteiger partial charge in [-0.15, -0.1) is 0 Å². The third-order valence-corrected chi connectivity index (χ3v) is 3.12. The third-order valence-electron chi connectivity index (χ3n) is 3.12. The van der Waals surface area contributed by atoms with Crippen molar-refractivity contribution in [3.63, 3.8) is 0 Å².